The van der Waals surface area contributed by atoms with E-state index in [0.717, 1.165) is 11.3 Å². The Morgan fingerprint density at radius 3 is 1.89 bits per heavy atom. The molecule has 0 N–H and O–H groups in total. The Morgan fingerprint density at radius 1 is 0.833 bits per heavy atom. The van der Waals surface area contributed by atoms with Crippen molar-refractivity contribution in [2.75, 3.05) is 0 Å². The summed E-state index contributed by atoms with van der Waals surface area (Å²) in [4.78, 5) is 0.157. The van der Waals surface area contributed by atoms with Crippen LogP contribution < -0.4 is 0 Å². The van der Waals surface area contributed by atoms with Crippen molar-refractivity contribution in [3.05, 3.63) is 42.5 Å². The molecule has 0 bridgehead atoms. The van der Waals surface area contributed by atoms with Gasteiger partial charge in [0.1, 0.15) is 8.42 Å². The molecule has 2 aromatic rings. The van der Waals surface area contributed by atoms with Gasteiger partial charge in [0.15, 0.2) is 0 Å². The quantitative estimate of drug-likeness (QED) is 0.572. The number of sulfone groups is 1. The minimum absolute atomic E-state index is 0.0314. The van der Waals surface area contributed by atoms with E-state index in [1.807, 2.05) is 0 Å². The van der Waals surface area contributed by atoms with Crippen molar-refractivity contribution in [2.45, 2.75) is 13.3 Å². The van der Waals surface area contributed by atoms with E-state index in [-0.39, 0.29) is 13.3 Å². The summed E-state index contributed by atoms with van der Waals surface area (Å²) in [6.45, 7) is 0. The smallest absolute Gasteiger partial charge is 0.218 e. The SMILES string of the molecule is O=S(=O)(I)c1ccc(S(=O)(=O)c2ccccc2)s1. The molecule has 18 heavy (non-hydrogen) atoms. The second kappa shape index (κ2) is 4.91. The molecule has 0 unspecified atom stereocenters. The Bertz CT molecular complexity index is 760. The maximum atomic E-state index is 12.2. The number of rotatable bonds is 3. The van der Waals surface area contributed by atoms with Gasteiger partial charge in [0, 0.05) is 0 Å². The zero-order chi connectivity index (χ0) is 13.4. The van der Waals surface area contributed by atoms with E-state index < -0.39 is 16.8 Å². The van der Waals surface area contributed by atoms with Crippen molar-refractivity contribution < 1.29 is 16.8 Å². The lowest BCUT2D eigenvalue weighted by Gasteiger charge is -2.00. The third kappa shape index (κ3) is 2.76. The summed E-state index contributed by atoms with van der Waals surface area (Å²) in [5, 5.41) is 0. The van der Waals surface area contributed by atoms with Gasteiger partial charge in [0.2, 0.25) is 16.8 Å². The highest BCUT2D eigenvalue weighted by molar-refractivity contribution is 14.2. The fourth-order valence-corrected chi connectivity index (χ4v) is 6.06. The van der Waals surface area contributed by atoms with E-state index >= 15 is 0 Å². The van der Waals surface area contributed by atoms with Crippen LogP contribution in [0.15, 0.2) is 55.8 Å². The average Bonchev–Trinajstić information content (AvgIpc) is 2.79. The summed E-state index contributed by atoms with van der Waals surface area (Å²) in [7, 11) is -7.03. The Labute approximate surface area is 121 Å². The van der Waals surface area contributed by atoms with Crippen LogP contribution in [0.5, 0.6) is 0 Å². The van der Waals surface area contributed by atoms with Crippen LogP contribution in [0.1, 0.15) is 0 Å². The highest BCUT2D eigenvalue weighted by Crippen LogP contribution is 2.32. The number of benzene rings is 1. The van der Waals surface area contributed by atoms with Crippen LogP contribution in [0.2, 0.25) is 0 Å². The van der Waals surface area contributed by atoms with E-state index in [1.165, 1.54) is 45.5 Å². The molecule has 8 heteroatoms. The van der Waals surface area contributed by atoms with Crippen molar-refractivity contribution in [2.24, 2.45) is 0 Å². The summed E-state index contributed by atoms with van der Waals surface area (Å²) in [6.07, 6.45) is 0. The highest BCUT2D eigenvalue weighted by atomic mass is 127. The monoisotopic (exact) mass is 414 g/mol. The topological polar surface area (TPSA) is 68.3 Å². The molecule has 0 atom stereocenters. The molecule has 0 fully saturated rings. The fraction of sp³-hybridized carbons (Fsp3) is 0. The first-order valence-electron chi connectivity index (χ1n) is 4.66. The first-order chi connectivity index (χ1) is 8.32. The zero-order valence-corrected chi connectivity index (χ0v) is 13.4. The first-order valence-corrected chi connectivity index (χ1v) is 11.0. The maximum Gasteiger partial charge on any atom is 0.240 e. The summed E-state index contributed by atoms with van der Waals surface area (Å²) in [6, 6.07) is 10.5. The van der Waals surface area contributed by atoms with Crippen LogP contribution in [0.25, 0.3) is 0 Å². The average molecular weight is 414 g/mol. The Hall–Kier alpha value is -0.450. The van der Waals surface area contributed by atoms with Gasteiger partial charge in [-0.2, -0.15) is 0 Å². The predicted octanol–water partition coefficient (Wildman–Crippen LogP) is 2.70. The molecule has 0 saturated heterocycles. The minimum atomic E-state index is -3.63. The van der Waals surface area contributed by atoms with E-state index in [4.69, 9.17) is 0 Å². The molecule has 1 aromatic heterocycles. The summed E-state index contributed by atoms with van der Waals surface area (Å²) in [5.74, 6) is 0. The van der Waals surface area contributed by atoms with Gasteiger partial charge in [-0.15, -0.1) is 11.3 Å². The third-order valence-electron chi connectivity index (χ3n) is 2.12. The molecule has 0 spiro atoms. The Morgan fingerprint density at radius 2 is 1.39 bits per heavy atom. The van der Waals surface area contributed by atoms with Crippen molar-refractivity contribution >= 4 is 49.4 Å². The normalized spacial score (nSPS) is 12.5. The van der Waals surface area contributed by atoms with Crippen LogP contribution in [0.4, 0.5) is 0 Å². The minimum Gasteiger partial charge on any atom is -0.218 e. The third-order valence-corrected chi connectivity index (χ3v) is 9.10. The highest BCUT2D eigenvalue weighted by Gasteiger charge is 2.22. The molecule has 2 rings (SSSR count). The zero-order valence-electron chi connectivity index (χ0n) is 8.78. The molecule has 1 aromatic carbocycles. The van der Waals surface area contributed by atoms with E-state index in [9.17, 15) is 16.8 Å². The van der Waals surface area contributed by atoms with Gasteiger partial charge in [-0.05, 0) is 24.3 Å². The lowest BCUT2D eigenvalue weighted by atomic mass is 10.4. The molecule has 4 nitrogen and oxygen atoms in total. The van der Waals surface area contributed by atoms with Gasteiger partial charge in [-0.1, -0.05) is 18.2 Å². The molecule has 0 aliphatic rings. The fourth-order valence-electron chi connectivity index (χ4n) is 1.29. The van der Waals surface area contributed by atoms with Gasteiger partial charge in [0.05, 0.1) is 26.1 Å². The Balaban J connectivity index is 2.54. The van der Waals surface area contributed by atoms with Crippen molar-refractivity contribution in [3.63, 3.8) is 0 Å². The first kappa shape index (κ1) is 14.0. The second-order valence-corrected chi connectivity index (χ2v) is 11.6. The number of hydrogen-bond acceptors (Lipinski definition) is 5. The van der Waals surface area contributed by atoms with Gasteiger partial charge in [-0.3, -0.25) is 0 Å². The van der Waals surface area contributed by atoms with Crippen LogP contribution in [0.3, 0.4) is 0 Å². The molecular weight excluding hydrogens is 407 g/mol. The lowest BCUT2D eigenvalue weighted by Crippen LogP contribution is -1.98. The summed E-state index contributed by atoms with van der Waals surface area (Å²) in [5.41, 5.74) is 0. The van der Waals surface area contributed by atoms with Gasteiger partial charge >= 0.3 is 0 Å². The number of thiophene rings is 1. The molecule has 1 heterocycles. The van der Waals surface area contributed by atoms with Gasteiger partial charge in [0.25, 0.3) is 0 Å². The van der Waals surface area contributed by atoms with Crippen LogP contribution >= 0.6 is 32.5 Å². The Kier molecular flexibility index (Phi) is 3.81. The standard InChI is InChI=1S/C10H7IO4S3/c11-18(14,15)10-7-6-9(16-10)17(12,13)8-4-2-1-3-5-8/h1-7H. The van der Waals surface area contributed by atoms with E-state index in [1.54, 1.807) is 18.2 Å². The molecule has 96 valence electrons. The number of halogens is 1. The van der Waals surface area contributed by atoms with Crippen molar-refractivity contribution in [3.8, 4) is 0 Å². The molecule has 0 aliphatic heterocycles. The molecule has 0 saturated carbocycles. The molecule has 0 amide bonds. The van der Waals surface area contributed by atoms with Crippen LogP contribution in [-0.4, -0.2) is 16.8 Å². The number of hydrogen-bond donors (Lipinski definition) is 0. The van der Waals surface area contributed by atoms with Crippen LogP contribution in [-0.2, 0) is 16.8 Å². The van der Waals surface area contributed by atoms with Crippen LogP contribution in [0, 0.1) is 0 Å². The predicted molar refractivity (Wildman–Crippen MR) is 77.4 cm³/mol. The lowest BCUT2D eigenvalue weighted by molar-refractivity contribution is 0.598. The van der Waals surface area contributed by atoms with Crippen molar-refractivity contribution in [1.29, 1.82) is 0 Å². The van der Waals surface area contributed by atoms with E-state index in [2.05, 4.69) is 0 Å². The largest absolute Gasteiger partial charge is 0.240 e. The van der Waals surface area contributed by atoms with Crippen molar-refractivity contribution in [1.82, 2.24) is 0 Å². The maximum absolute atomic E-state index is 12.2. The molecular formula is C10H7IO4S3. The van der Waals surface area contributed by atoms with Gasteiger partial charge in [-0.25, -0.2) is 16.8 Å². The van der Waals surface area contributed by atoms with E-state index in [0.29, 0.717) is 0 Å². The molecule has 0 aliphatic carbocycles. The summed E-state index contributed by atoms with van der Waals surface area (Å²) < 4.78 is 47.1. The summed E-state index contributed by atoms with van der Waals surface area (Å²) >= 11 is 2.04. The van der Waals surface area contributed by atoms with Gasteiger partial charge < -0.3 is 0 Å². The second-order valence-electron chi connectivity index (χ2n) is 3.33. The molecule has 0 radical (unpaired) electrons.